The van der Waals surface area contributed by atoms with Crippen LogP contribution in [-0.4, -0.2) is 37.2 Å². The van der Waals surface area contributed by atoms with Gasteiger partial charge in [-0.15, -0.1) is 11.3 Å². The largest absolute Gasteiger partial charge is 0.385 e. The molecule has 0 radical (unpaired) electrons. The van der Waals surface area contributed by atoms with Crippen LogP contribution in [0.1, 0.15) is 17.1 Å². The Morgan fingerprint density at radius 1 is 1.60 bits per heavy atom. The van der Waals surface area contributed by atoms with Crippen molar-refractivity contribution in [2.75, 3.05) is 27.3 Å². The van der Waals surface area contributed by atoms with Crippen molar-refractivity contribution >= 4 is 11.3 Å². The van der Waals surface area contributed by atoms with Crippen molar-refractivity contribution in [2.24, 2.45) is 5.73 Å². The molecular formula is C10H19N3OS. The first kappa shape index (κ1) is 12.6. The first-order valence-electron chi connectivity index (χ1n) is 5.07. The van der Waals surface area contributed by atoms with E-state index in [0.29, 0.717) is 6.54 Å². The highest BCUT2D eigenvalue weighted by Crippen LogP contribution is 2.10. The normalized spacial score (nSPS) is 11.2. The molecule has 4 nitrogen and oxygen atoms in total. The lowest BCUT2D eigenvalue weighted by molar-refractivity contribution is 0.178. The zero-order valence-corrected chi connectivity index (χ0v) is 10.2. The number of methoxy groups -OCH3 is 1. The van der Waals surface area contributed by atoms with Crippen LogP contribution in [-0.2, 0) is 17.8 Å². The quantitative estimate of drug-likeness (QED) is 0.711. The molecule has 0 atom stereocenters. The van der Waals surface area contributed by atoms with Crippen LogP contribution in [0.15, 0.2) is 5.38 Å². The molecule has 2 N–H and O–H groups in total. The SMILES string of the molecule is COCCCN(C)Cc1csc(CN)n1. The van der Waals surface area contributed by atoms with Crippen molar-refractivity contribution in [1.82, 2.24) is 9.88 Å². The van der Waals surface area contributed by atoms with Crippen LogP contribution < -0.4 is 5.73 Å². The van der Waals surface area contributed by atoms with Gasteiger partial charge < -0.3 is 15.4 Å². The minimum Gasteiger partial charge on any atom is -0.385 e. The van der Waals surface area contributed by atoms with Crippen LogP contribution in [0.3, 0.4) is 0 Å². The van der Waals surface area contributed by atoms with E-state index in [-0.39, 0.29) is 0 Å². The fraction of sp³-hybridized carbons (Fsp3) is 0.700. The van der Waals surface area contributed by atoms with Gasteiger partial charge in [-0.25, -0.2) is 4.98 Å². The maximum Gasteiger partial charge on any atom is 0.106 e. The summed E-state index contributed by atoms with van der Waals surface area (Å²) in [4.78, 5) is 6.66. The summed E-state index contributed by atoms with van der Waals surface area (Å²) in [5.74, 6) is 0. The molecular weight excluding hydrogens is 210 g/mol. The molecule has 86 valence electrons. The zero-order valence-electron chi connectivity index (χ0n) is 9.40. The van der Waals surface area contributed by atoms with Gasteiger partial charge in [0, 0.05) is 38.7 Å². The molecule has 0 aliphatic heterocycles. The van der Waals surface area contributed by atoms with E-state index < -0.39 is 0 Å². The molecule has 0 saturated carbocycles. The predicted molar refractivity (Wildman–Crippen MR) is 62.8 cm³/mol. The minimum absolute atomic E-state index is 0.540. The van der Waals surface area contributed by atoms with Crippen molar-refractivity contribution in [1.29, 1.82) is 0 Å². The third kappa shape index (κ3) is 4.70. The zero-order chi connectivity index (χ0) is 11.1. The number of hydrogen-bond acceptors (Lipinski definition) is 5. The Morgan fingerprint density at radius 3 is 3.00 bits per heavy atom. The summed E-state index contributed by atoms with van der Waals surface area (Å²) in [7, 11) is 3.82. The molecule has 15 heavy (non-hydrogen) atoms. The highest BCUT2D eigenvalue weighted by molar-refractivity contribution is 7.09. The van der Waals surface area contributed by atoms with E-state index in [1.807, 2.05) is 0 Å². The van der Waals surface area contributed by atoms with Gasteiger partial charge >= 0.3 is 0 Å². The molecule has 5 heteroatoms. The molecule has 0 aliphatic carbocycles. The Hall–Kier alpha value is -0.490. The second-order valence-electron chi connectivity index (χ2n) is 3.52. The highest BCUT2D eigenvalue weighted by atomic mass is 32.1. The van der Waals surface area contributed by atoms with E-state index in [4.69, 9.17) is 10.5 Å². The number of rotatable bonds is 7. The first-order valence-corrected chi connectivity index (χ1v) is 5.95. The maximum absolute atomic E-state index is 5.51. The molecule has 1 rings (SSSR count). The van der Waals surface area contributed by atoms with Crippen molar-refractivity contribution < 1.29 is 4.74 Å². The Labute approximate surface area is 95.1 Å². The standard InChI is InChI=1S/C10H19N3OS/c1-13(4-3-5-14-2)7-9-8-15-10(6-11)12-9/h8H,3-7,11H2,1-2H3. The van der Waals surface area contributed by atoms with Crippen molar-refractivity contribution in [3.63, 3.8) is 0 Å². The molecule has 1 aromatic heterocycles. The van der Waals surface area contributed by atoms with Gasteiger partial charge in [0.25, 0.3) is 0 Å². The summed E-state index contributed by atoms with van der Waals surface area (Å²) in [5, 5.41) is 3.09. The Kier molecular flexibility index (Phi) is 5.78. The molecule has 0 aliphatic rings. The van der Waals surface area contributed by atoms with E-state index >= 15 is 0 Å². The molecule has 0 saturated heterocycles. The molecule has 1 aromatic rings. The summed E-state index contributed by atoms with van der Waals surface area (Å²) >= 11 is 1.63. The average molecular weight is 229 g/mol. The van der Waals surface area contributed by atoms with Gasteiger partial charge in [0.15, 0.2) is 0 Å². The van der Waals surface area contributed by atoms with Crippen molar-refractivity contribution in [2.45, 2.75) is 19.5 Å². The Balaban J connectivity index is 2.27. The topological polar surface area (TPSA) is 51.4 Å². The highest BCUT2D eigenvalue weighted by Gasteiger charge is 2.04. The van der Waals surface area contributed by atoms with E-state index in [0.717, 1.165) is 36.8 Å². The molecule has 1 heterocycles. The van der Waals surface area contributed by atoms with Gasteiger partial charge in [-0.3, -0.25) is 0 Å². The van der Waals surface area contributed by atoms with Gasteiger partial charge in [0.2, 0.25) is 0 Å². The molecule has 0 bridgehead atoms. The number of aromatic nitrogens is 1. The number of ether oxygens (including phenoxy) is 1. The second-order valence-corrected chi connectivity index (χ2v) is 4.46. The number of hydrogen-bond donors (Lipinski definition) is 1. The first-order chi connectivity index (χ1) is 7.26. The van der Waals surface area contributed by atoms with Crippen LogP contribution in [0.5, 0.6) is 0 Å². The fourth-order valence-electron chi connectivity index (χ4n) is 1.35. The number of nitrogens with two attached hydrogens (primary N) is 1. The molecule has 0 spiro atoms. The van der Waals surface area contributed by atoms with Gasteiger partial charge in [-0.1, -0.05) is 0 Å². The van der Waals surface area contributed by atoms with E-state index in [2.05, 4.69) is 22.3 Å². The van der Waals surface area contributed by atoms with E-state index in [1.165, 1.54) is 0 Å². The summed E-state index contributed by atoms with van der Waals surface area (Å²) in [5.41, 5.74) is 6.62. The molecule has 0 fully saturated rings. The predicted octanol–water partition coefficient (Wildman–Crippen LogP) is 1.07. The van der Waals surface area contributed by atoms with Crippen LogP contribution in [0, 0.1) is 0 Å². The molecule has 0 unspecified atom stereocenters. The molecule has 0 amide bonds. The summed E-state index contributed by atoms with van der Waals surface area (Å²) in [6, 6.07) is 0. The van der Waals surface area contributed by atoms with Crippen LogP contribution in [0.2, 0.25) is 0 Å². The van der Waals surface area contributed by atoms with Gasteiger partial charge in [0.1, 0.15) is 5.01 Å². The van der Waals surface area contributed by atoms with Crippen molar-refractivity contribution in [3.05, 3.63) is 16.1 Å². The number of thiazole rings is 1. The van der Waals surface area contributed by atoms with E-state index in [1.54, 1.807) is 18.4 Å². The van der Waals surface area contributed by atoms with Crippen LogP contribution in [0.4, 0.5) is 0 Å². The minimum atomic E-state index is 0.540. The van der Waals surface area contributed by atoms with Gasteiger partial charge in [-0.05, 0) is 13.5 Å². The van der Waals surface area contributed by atoms with Gasteiger partial charge in [-0.2, -0.15) is 0 Å². The summed E-state index contributed by atoms with van der Waals surface area (Å²) in [6.45, 7) is 3.27. The second kappa shape index (κ2) is 6.90. The lowest BCUT2D eigenvalue weighted by Gasteiger charge is -2.14. The third-order valence-electron chi connectivity index (χ3n) is 2.09. The van der Waals surface area contributed by atoms with Gasteiger partial charge in [0.05, 0.1) is 5.69 Å². The maximum atomic E-state index is 5.51. The summed E-state index contributed by atoms with van der Waals surface area (Å²) in [6.07, 6.45) is 1.06. The Bertz CT molecular complexity index is 277. The fourth-order valence-corrected chi connectivity index (χ4v) is 2.02. The van der Waals surface area contributed by atoms with E-state index in [9.17, 15) is 0 Å². The van der Waals surface area contributed by atoms with Crippen LogP contribution >= 0.6 is 11.3 Å². The molecule has 0 aromatic carbocycles. The lowest BCUT2D eigenvalue weighted by atomic mass is 10.4. The average Bonchev–Trinajstić information content (AvgIpc) is 2.66. The van der Waals surface area contributed by atoms with Crippen LogP contribution in [0.25, 0.3) is 0 Å². The summed E-state index contributed by atoms with van der Waals surface area (Å²) < 4.78 is 5.01. The smallest absolute Gasteiger partial charge is 0.106 e. The number of nitrogens with zero attached hydrogens (tertiary/aromatic N) is 2. The van der Waals surface area contributed by atoms with Crippen molar-refractivity contribution in [3.8, 4) is 0 Å². The monoisotopic (exact) mass is 229 g/mol. The third-order valence-corrected chi connectivity index (χ3v) is 3.01. The Morgan fingerprint density at radius 2 is 2.40 bits per heavy atom. The lowest BCUT2D eigenvalue weighted by Crippen LogP contribution is -2.20.